The average molecular weight is 330 g/mol. The summed E-state index contributed by atoms with van der Waals surface area (Å²) < 4.78 is 5.80. The van der Waals surface area contributed by atoms with Crippen molar-refractivity contribution < 1.29 is 19.4 Å². The highest BCUT2D eigenvalue weighted by molar-refractivity contribution is 9.10. The summed E-state index contributed by atoms with van der Waals surface area (Å²) in [6, 6.07) is 5.75. The molecule has 0 aliphatic carbocycles. The Hall–Kier alpha value is -1.40. The largest absolute Gasteiger partial charge is 0.480 e. The summed E-state index contributed by atoms with van der Waals surface area (Å²) in [6.45, 7) is 2.10. The fraction of sp³-hybridized carbons (Fsp3) is 0.385. The van der Waals surface area contributed by atoms with Crippen LogP contribution in [0.4, 0.5) is 0 Å². The Bertz CT molecular complexity index is 462. The molecule has 0 saturated heterocycles. The number of hydrogen-bond donors (Lipinski definition) is 2. The van der Waals surface area contributed by atoms with Crippen molar-refractivity contribution in [1.29, 1.82) is 0 Å². The van der Waals surface area contributed by atoms with Crippen LogP contribution in [0, 0.1) is 6.92 Å². The summed E-state index contributed by atoms with van der Waals surface area (Å²) in [5.41, 5.74) is 2.01. The van der Waals surface area contributed by atoms with Crippen molar-refractivity contribution in [3.8, 4) is 0 Å². The molecule has 1 aromatic carbocycles. The Labute approximate surface area is 120 Å². The van der Waals surface area contributed by atoms with Gasteiger partial charge in [0, 0.05) is 11.0 Å². The van der Waals surface area contributed by atoms with E-state index < -0.39 is 5.97 Å². The first-order valence-electron chi connectivity index (χ1n) is 5.80. The molecule has 6 heteroatoms. The van der Waals surface area contributed by atoms with Crippen molar-refractivity contribution in [2.24, 2.45) is 0 Å². The number of benzene rings is 1. The lowest BCUT2D eigenvalue weighted by Gasteiger charge is -2.08. The highest BCUT2D eigenvalue weighted by Crippen LogP contribution is 2.16. The van der Waals surface area contributed by atoms with E-state index in [0.717, 1.165) is 15.6 Å². The Morgan fingerprint density at radius 3 is 2.79 bits per heavy atom. The van der Waals surface area contributed by atoms with Crippen LogP contribution >= 0.6 is 15.9 Å². The minimum absolute atomic E-state index is 0.107. The molecule has 0 atom stereocenters. The highest BCUT2D eigenvalue weighted by Gasteiger charge is 2.06. The molecule has 0 fully saturated rings. The van der Waals surface area contributed by atoms with Gasteiger partial charge in [0.05, 0.1) is 13.0 Å². The van der Waals surface area contributed by atoms with Gasteiger partial charge in [0.1, 0.15) is 6.61 Å². The van der Waals surface area contributed by atoms with Gasteiger partial charge in [0.2, 0.25) is 5.91 Å². The zero-order chi connectivity index (χ0) is 14.3. The number of rotatable bonds is 7. The molecule has 0 saturated carbocycles. The monoisotopic (exact) mass is 329 g/mol. The third-order valence-corrected chi connectivity index (χ3v) is 2.94. The Kier molecular flexibility index (Phi) is 6.52. The molecular formula is C13H16BrNO4. The number of ether oxygens (including phenoxy) is 1. The second-order valence-corrected chi connectivity index (χ2v) is 4.96. The number of carbonyl (C=O) groups excluding carboxylic acids is 1. The smallest absolute Gasteiger partial charge is 0.329 e. The van der Waals surface area contributed by atoms with Crippen molar-refractivity contribution in [2.75, 3.05) is 19.8 Å². The first kappa shape index (κ1) is 15.7. The molecule has 1 aromatic rings. The number of carboxylic acid groups (broad SMARTS) is 1. The number of carbonyl (C=O) groups is 2. The van der Waals surface area contributed by atoms with Gasteiger partial charge in [-0.2, -0.15) is 0 Å². The lowest BCUT2D eigenvalue weighted by Crippen LogP contribution is -2.29. The van der Waals surface area contributed by atoms with Gasteiger partial charge in [-0.1, -0.05) is 22.0 Å². The predicted molar refractivity (Wildman–Crippen MR) is 74.0 cm³/mol. The molecule has 1 rings (SSSR count). The second-order valence-electron chi connectivity index (χ2n) is 4.04. The topological polar surface area (TPSA) is 75.6 Å². The Balaban J connectivity index is 2.29. The van der Waals surface area contributed by atoms with Gasteiger partial charge in [-0.3, -0.25) is 4.79 Å². The van der Waals surface area contributed by atoms with Crippen LogP contribution in [-0.2, 0) is 20.7 Å². The zero-order valence-corrected chi connectivity index (χ0v) is 12.2. The Morgan fingerprint density at radius 2 is 2.16 bits per heavy atom. The normalized spacial score (nSPS) is 10.2. The van der Waals surface area contributed by atoms with Crippen molar-refractivity contribution in [3.05, 3.63) is 33.8 Å². The Morgan fingerprint density at radius 1 is 1.42 bits per heavy atom. The van der Waals surface area contributed by atoms with Gasteiger partial charge in [-0.25, -0.2) is 4.79 Å². The standard InChI is InChI=1S/C13H16BrNO4/c1-9-6-11(14)3-2-10(9)7-12(16)15-4-5-19-8-13(17)18/h2-3,6H,4-5,7-8H2,1H3,(H,15,16)(H,17,18). The summed E-state index contributed by atoms with van der Waals surface area (Å²) in [7, 11) is 0. The van der Waals surface area contributed by atoms with E-state index in [1.54, 1.807) is 0 Å². The average Bonchev–Trinajstić information content (AvgIpc) is 2.32. The van der Waals surface area contributed by atoms with E-state index in [1.807, 2.05) is 25.1 Å². The number of aliphatic carboxylic acids is 1. The van der Waals surface area contributed by atoms with E-state index in [1.165, 1.54) is 0 Å². The molecule has 0 unspecified atom stereocenters. The minimum atomic E-state index is -1.02. The predicted octanol–water partition coefficient (Wildman–Crippen LogP) is 1.52. The van der Waals surface area contributed by atoms with E-state index >= 15 is 0 Å². The molecule has 2 N–H and O–H groups in total. The molecule has 5 nitrogen and oxygen atoms in total. The highest BCUT2D eigenvalue weighted by atomic mass is 79.9. The molecule has 0 aliphatic rings. The minimum Gasteiger partial charge on any atom is -0.480 e. The maximum absolute atomic E-state index is 11.7. The summed E-state index contributed by atoms with van der Waals surface area (Å²) in [4.78, 5) is 21.8. The summed E-state index contributed by atoms with van der Waals surface area (Å²) in [5.74, 6) is -1.12. The molecule has 104 valence electrons. The van der Waals surface area contributed by atoms with Crippen LogP contribution in [0.2, 0.25) is 0 Å². The van der Waals surface area contributed by atoms with Crippen LogP contribution in [0.5, 0.6) is 0 Å². The SMILES string of the molecule is Cc1cc(Br)ccc1CC(=O)NCCOCC(=O)O. The quantitative estimate of drug-likeness (QED) is 0.743. The van der Waals surface area contributed by atoms with Gasteiger partial charge < -0.3 is 15.2 Å². The maximum Gasteiger partial charge on any atom is 0.329 e. The van der Waals surface area contributed by atoms with Crippen LogP contribution in [0.25, 0.3) is 0 Å². The number of amides is 1. The van der Waals surface area contributed by atoms with Crippen molar-refractivity contribution in [1.82, 2.24) is 5.32 Å². The van der Waals surface area contributed by atoms with Crippen LogP contribution in [0.1, 0.15) is 11.1 Å². The molecule has 0 aliphatic heterocycles. The van der Waals surface area contributed by atoms with Gasteiger partial charge in [0.15, 0.2) is 0 Å². The van der Waals surface area contributed by atoms with E-state index in [9.17, 15) is 9.59 Å². The molecule has 0 spiro atoms. The molecule has 19 heavy (non-hydrogen) atoms. The van der Waals surface area contributed by atoms with Crippen LogP contribution in [0.15, 0.2) is 22.7 Å². The van der Waals surface area contributed by atoms with Crippen LogP contribution in [-0.4, -0.2) is 36.7 Å². The first-order chi connectivity index (χ1) is 8.99. The van der Waals surface area contributed by atoms with E-state index in [-0.39, 0.29) is 19.1 Å². The van der Waals surface area contributed by atoms with E-state index in [4.69, 9.17) is 9.84 Å². The fourth-order valence-electron chi connectivity index (χ4n) is 1.52. The number of aryl methyl sites for hydroxylation is 1. The van der Waals surface area contributed by atoms with Gasteiger partial charge in [-0.05, 0) is 30.2 Å². The van der Waals surface area contributed by atoms with Gasteiger partial charge in [0.25, 0.3) is 0 Å². The number of hydrogen-bond acceptors (Lipinski definition) is 3. The van der Waals surface area contributed by atoms with Crippen LogP contribution in [0.3, 0.4) is 0 Å². The third-order valence-electron chi connectivity index (χ3n) is 2.45. The summed E-state index contributed by atoms with van der Waals surface area (Å²) >= 11 is 3.37. The fourth-order valence-corrected chi connectivity index (χ4v) is 1.99. The third kappa shape index (κ3) is 6.35. The summed E-state index contributed by atoms with van der Waals surface area (Å²) in [5, 5.41) is 11.0. The number of halogens is 1. The van der Waals surface area contributed by atoms with Crippen LogP contribution < -0.4 is 5.32 Å². The van der Waals surface area contributed by atoms with Gasteiger partial charge in [-0.15, -0.1) is 0 Å². The van der Waals surface area contributed by atoms with Crippen molar-refractivity contribution in [2.45, 2.75) is 13.3 Å². The van der Waals surface area contributed by atoms with Gasteiger partial charge >= 0.3 is 5.97 Å². The van der Waals surface area contributed by atoms with E-state index in [0.29, 0.717) is 13.0 Å². The molecular weight excluding hydrogens is 314 g/mol. The lowest BCUT2D eigenvalue weighted by atomic mass is 10.1. The van der Waals surface area contributed by atoms with Crippen molar-refractivity contribution >= 4 is 27.8 Å². The number of carboxylic acids is 1. The molecule has 0 aromatic heterocycles. The molecule has 0 radical (unpaired) electrons. The summed E-state index contributed by atoms with van der Waals surface area (Å²) in [6.07, 6.45) is 0.304. The van der Waals surface area contributed by atoms with E-state index in [2.05, 4.69) is 21.2 Å². The lowest BCUT2D eigenvalue weighted by molar-refractivity contribution is -0.142. The number of nitrogens with one attached hydrogen (secondary N) is 1. The van der Waals surface area contributed by atoms with Crippen molar-refractivity contribution in [3.63, 3.8) is 0 Å². The maximum atomic E-state index is 11.7. The molecule has 0 heterocycles. The zero-order valence-electron chi connectivity index (χ0n) is 10.6. The second kappa shape index (κ2) is 7.91. The molecule has 1 amide bonds. The first-order valence-corrected chi connectivity index (χ1v) is 6.59. The molecule has 0 bridgehead atoms.